The number of ketones is 1. The third-order valence-corrected chi connectivity index (χ3v) is 7.93. The molecule has 3 saturated carbocycles. The van der Waals surface area contributed by atoms with Gasteiger partial charge in [-0.15, -0.1) is 0 Å². The highest BCUT2D eigenvalue weighted by atomic mass is 16.3. The second-order valence-corrected chi connectivity index (χ2v) is 8.75. The molecule has 0 bridgehead atoms. The lowest BCUT2D eigenvalue weighted by Crippen LogP contribution is -2.54. The number of carbonyl (C=O) groups excluding carboxylic acids is 1. The van der Waals surface area contributed by atoms with Crippen LogP contribution >= 0.6 is 0 Å². The Morgan fingerprint density at radius 2 is 1.86 bits per heavy atom. The van der Waals surface area contributed by atoms with E-state index in [1.54, 1.807) is 6.08 Å². The van der Waals surface area contributed by atoms with E-state index in [4.69, 9.17) is 0 Å². The molecule has 0 amide bonds. The van der Waals surface area contributed by atoms with Crippen molar-refractivity contribution in [3.05, 3.63) is 11.6 Å². The lowest BCUT2D eigenvalue weighted by atomic mass is 9.47. The van der Waals surface area contributed by atoms with Crippen molar-refractivity contribution in [3.8, 4) is 0 Å². The van der Waals surface area contributed by atoms with Gasteiger partial charge in [0.05, 0.1) is 12.2 Å². The largest absolute Gasteiger partial charge is 0.393 e. The lowest BCUT2D eigenvalue weighted by molar-refractivity contribution is -0.120. The molecule has 0 saturated heterocycles. The van der Waals surface area contributed by atoms with Gasteiger partial charge in [0.2, 0.25) is 0 Å². The molecule has 3 fully saturated rings. The van der Waals surface area contributed by atoms with Crippen LogP contribution in [0.1, 0.15) is 58.8 Å². The van der Waals surface area contributed by atoms with E-state index in [1.807, 2.05) is 0 Å². The van der Waals surface area contributed by atoms with Crippen molar-refractivity contribution < 1.29 is 15.0 Å². The smallest absolute Gasteiger partial charge is 0.155 e. The van der Waals surface area contributed by atoms with Crippen LogP contribution in [-0.2, 0) is 4.79 Å². The van der Waals surface area contributed by atoms with Crippen LogP contribution in [0.5, 0.6) is 0 Å². The minimum atomic E-state index is -0.462. The summed E-state index contributed by atoms with van der Waals surface area (Å²) in [6, 6.07) is 0. The first-order valence-electron chi connectivity index (χ1n) is 8.97. The summed E-state index contributed by atoms with van der Waals surface area (Å²) in [6.45, 7) is 4.54. The minimum Gasteiger partial charge on any atom is -0.393 e. The van der Waals surface area contributed by atoms with Crippen LogP contribution in [0.25, 0.3) is 0 Å². The van der Waals surface area contributed by atoms with Crippen molar-refractivity contribution >= 4 is 5.78 Å². The second kappa shape index (κ2) is 4.67. The highest BCUT2D eigenvalue weighted by Crippen LogP contribution is 2.65. The molecule has 0 aromatic rings. The standard InChI is InChI=1S/C19H28O3/c1-18-7-5-11(20)9-15(18)16(21)10-12-13-3-4-17(22)19(13,2)8-6-14(12)18/h9,12-14,16-17,21-22H,3-8,10H2,1-2H3/t12-,13?,14-,16+,17-,18+,19-/m0/s1. The third kappa shape index (κ3) is 1.78. The number of rotatable bonds is 0. The first kappa shape index (κ1) is 14.9. The zero-order valence-electron chi connectivity index (χ0n) is 13.7. The summed E-state index contributed by atoms with van der Waals surface area (Å²) >= 11 is 0. The molecule has 0 spiro atoms. The average Bonchev–Trinajstić information content (AvgIpc) is 2.77. The van der Waals surface area contributed by atoms with Gasteiger partial charge in [-0.3, -0.25) is 4.79 Å². The quantitative estimate of drug-likeness (QED) is 0.723. The third-order valence-electron chi connectivity index (χ3n) is 7.93. The first-order valence-corrected chi connectivity index (χ1v) is 8.97. The number of aliphatic hydroxyl groups excluding tert-OH is 2. The summed E-state index contributed by atoms with van der Waals surface area (Å²) in [5, 5.41) is 21.2. The molecule has 0 radical (unpaired) electrons. The van der Waals surface area contributed by atoms with E-state index >= 15 is 0 Å². The Kier molecular flexibility index (Phi) is 3.16. The van der Waals surface area contributed by atoms with Gasteiger partial charge in [0.25, 0.3) is 0 Å². The molecule has 1 unspecified atom stereocenters. The molecule has 0 aromatic heterocycles. The second-order valence-electron chi connectivity index (χ2n) is 8.75. The summed E-state index contributed by atoms with van der Waals surface area (Å²) in [4.78, 5) is 11.8. The number of aliphatic hydroxyl groups is 2. The van der Waals surface area contributed by atoms with Gasteiger partial charge in [-0.1, -0.05) is 13.8 Å². The van der Waals surface area contributed by atoms with Gasteiger partial charge in [0, 0.05) is 6.42 Å². The van der Waals surface area contributed by atoms with E-state index in [0.717, 1.165) is 44.1 Å². The zero-order chi connectivity index (χ0) is 15.7. The molecule has 122 valence electrons. The molecule has 7 atom stereocenters. The molecule has 2 N–H and O–H groups in total. The predicted octanol–water partition coefficient (Wildman–Crippen LogP) is 2.85. The SMILES string of the molecule is C[C@]12CCC(=O)C=C1[C@H](O)C[C@H]1C3CC[C@H](O)[C@@]3(C)CC[C@@H]12. The fraction of sp³-hybridized carbons (Fsp3) is 0.842. The van der Waals surface area contributed by atoms with Crippen molar-refractivity contribution in [1.82, 2.24) is 0 Å². The van der Waals surface area contributed by atoms with Crippen LogP contribution in [-0.4, -0.2) is 28.2 Å². The van der Waals surface area contributed by atoms with E-state index in [-0.39, 0.29) is 22.7 Å². The fourth-order valence-electron chi connectivity index (χ4n) is 6.58. The van der Waals surface area contributed by atoms with Crippen LogP contribution in [0.4, 0.5) is 0 Å². The summed E-state index contributed by atoms with van der Waals surface area (Å²) in [5.74, 6) is 1.79. The van der Waals surface area contributed by atoms with Crippen LogP contribution in [0.3, 0.4) is 0 Å². The molecule has 3 nitrogen and oxygen atoms in total. The summed E-state index contributed by atoms with van der Waals surface area (Å²) < 4.78 is 0. The van der Waals surface area contributed by atoms with Gasteiger partial charge in [0.15, 0.2) is 5.78 Å². The van der Waals surface area contributed by atoms with Gasteiger partial charge in [-0.05, 0) is 78.8 Å². The first-order chi connectivity index (χ1) is 10.4. The van der Waals surface area contributed by atoms with Gasteiger partial charge in [-0.25, -0.2) is 0 Å². The number of fused-ring (bicyclic) bond motifs is 5. The van der Waals surface area contributed by atoms with Gasteiger partial charge in [0.1, 0.15) is 0 Å². The number of hydrogen-bond acceptors (Lipinski definition) is 3. The van der Waals surface area contributed by atoms with Crippen LogP contribution in [0.15, 0.2) is 11.6 Å². The van der Waals surface area contributed by atoms with Crippen molar-refractivity contribution in [2.45, 2.75) is 71.0 Å². The molecule has 0 heterocycles. The minimum absolute atomic E-state index is 0.00881. The van der Waals surface area contributed by atoms with Crippen LogP contribution < -0.4 is 0 Å². The predicted molar refractivity (Wildman–Crippen MR) is 84.1 cm³/mol. The fourth-order valence-corrected chi connectivity index (χ4v) is 6.58. The highest BCUT2D eigenvalue weighted by Gasteiger charge is 2.60. The number of hydrogen-bond donors (Lipinski definition) is 2. The highest BCUT2D eigenvalue weighted by molar-refractivity contribution is 5.91. The van der Waals surface area contributed by atoms with E-state index in [0.29, 0.717) is 24.2 Å². The van der Waals surface area contributed by atoms with E-state index in [9.17, 15) is 15.0 Å². The summed E-state index contributed by atoms with van der Waals surface area (Å²) in [5.41, 5.74) is 1.04. The van der Waals surface area contributed by atoms with Gasteiger partial charge in [-0.2, -0.15) is 0 Å². The molecule has 4 rings (SSSR count). The topological polar surface area (TPSA) is 57.5 Å². The molecule has 0 aromatic carbocycles. The Bertz CT molecular complexity index is 539. The maximum Gasteiger partial charge on any atom is 0.155 e. The van der Waals surface area contributed by atoms with Crippen LogP contribution in [0.2, 0.25) is 0 Å². The monoisotopic (exact) mass is 304 g/mol. The molecule has 22 heavy (non-hydrogen) atoms. The zero-order valence-corrected chi connectivity index (χ0v) is 13.7. The Balaban J connectivity index is 1.73. The lowest BCUT2D eigenvalue weighted by Gasteiger charge is -2.58. The van der Waals surface area contributed by atoms with E-state index in [2.05, 4.69) is 13.8 Å². The molecule has 4 aliphatic carbocycles. The molecular formula is C19H28O3. The van der Waals surface area contributed by atoms with E-state index in [1.165, 1.54) is 0 Å². The average molecular weight is 304 g/mol. The van der Waals surface area contributed by atoms with Gasteiger partial charge < -0.3 is 10.2 Å². The Morgan fingerprint density at radius 1 is 1.09 bits per heavy atom. The summed E-state index contributed by atoms with van der Waals surface area (Å²) in [7, 11) is 0. The summed E-state index contributed by atoms with van der Waals surface area (Å²) in [6.07, 6.45) is 7.65. The number of carbonyl (C=O) groups is 1. The van der Waals surface area contributed by atoms with Crippen molar-refractivity contribution in [1.29, 1.82) is 0 Å². The maximum atomic E-state index is 11.8. The Morgan fingerprint density at radius 3 is 2.64 bits per heavy atom. The van der Waals surface area contributed by atoms with Crippen LogP contribution in [0, 0.1) is 28.6 Å². The van der Waals surface area contributed by atoms with Crippen molar-refractivity contribution in [2.24, 2.45) is 28.6 Å². The normalized spacial score (nSPS) is 54.3. The maximum absolute atomic E-state index is 11.8. The molecule has 4 aliphatic rings. The Labute approximate surface area is 132 Å². The van der Waals surface area contributed by atoms with Gasteiger partial charge >= 0.3 is 0 Å². The van der Waals surface area contributed by atoms with E-state index < -0.39 is 6.10 Å². The molecular weight excluding hydrogens is 276 g/mol. The Hall–Kier alpha value is -0.670. The molecule has 0 aliphatic heterocycles. The van der Waals surface area contributed by atoms with Crippen molar-refractivity contribution in [2.75, 3.05) is 0 Å². The van der Waals surface area contributed by atoms with Crippen molar-refractivity contribution in [3.63, 3.8) is 0 Å². The molecule has 3 heteroatoms.